The molecular formula is C17H13F4NO3S. The van der Waals surface area contributed by atoms with E-state index in [-0.39, 0.29) is 23.3 Å². The minimum Gasteiger partial charge on any atom is -0.349 e. The lowest BCUT2D eigenvalue weighted by atomic mass is 10.1. The van der Waals surface area contributed by atoms with Gasteiger partial charge in [-0.15, -0.1) is 0 Å². The molecule has 1 aliphatic rings. The number of halogens is 4. The highest BCUT2D eigenvalue weighted by atomic mass is 32.2. The molecule has 0 aliphatic heterocycles. The first-order chi connectivity index (χ1) is 12.1. The Labute approximate surface area is 146 Å². The number of benzene rings is 2. The van der Waals surface area contributed by atoms with Crippen LogP contribution in [0.3, 0.4) is 0 Å². The third-order valence-corrected chi connectivity index (χ3v) is 5.64. The van der Waals surface area contributed by atoms with Gasteiger partial charge in [-0.1, -0.05) is 12.1 Å². The fraction of sp³-hybridized carbons (Fsp3) is 0.235. The van der Waals surface area contributed by atoms with Gasteiger partial charge in [-0.3, -0.25) is 4.79 Å². The second-order valence-electron chi connectivity index (χ2n) is 5.95. The lowest BCUT2D eigenvalue weighted by Gasteiger charge is -2.09. The first-order valence-electron chi connectivity index (χ1n) is 7.57. The van der Waals surface area contributed by atoms with Gasteiger partial charge in [0, 0.05) is 17.5 Å². The molecule has 2 aromatic carbocycles. The number of carbonyl (C=O) groups is 1. The first-order valence-corrected chi connectivity index (χ1v) is 9.05. The quantitative estimate of drug-likeness (QED) is 0.818. The zero-order valence-corrected chi connectivity index (χ0v) is 13.9. The molecule has 0 saturated heterocycles. The molecule has 2 aromatic rings. The van der Waals surface area contributed by atoms with Gasteiger partial charge >= 0.3 is 5.51 Å². The van der Waals surface area contributed by atoms with Crippen LogP contribution in [0.2, 0.25) is 0 Å². The Morgan fingerprint density at radius 1 is 1.00 bits per heavy atom. The van der Waals surface area contributed by atoms with E-state index < -0.39 is 26.1 Å². The summed E-state index contributed by atoms with van der Waals surface area (Å²) < 4.78 is 73.0. The van der Waals surface area contributed by atoms with Crippen LogP contribution in [0.25, 0.3) is 0 Å². The molecule has 0 spiro atoms. The molecular weight excluding hydrogens is 374 g/mol. The van der Waals surface area contributed by atoms with Crippen LogP contribution >= 0.6 is 0 Å². The molecule has 138 valence electrons. The Balaban J connectivity index is 1.66. The number of nitrogens with one attached hydrogen (secondary N) is 1. The van der Waals surface area contributed by atoms with Gasteiger partial charge < -0.3 is 5.32 Å². The average Bonchev–Trinajstić information content (AvgIpc) is 3.33. The molecule has 3 rings (SSSR count). The SMILES string of the molecule is O=C(NC1CC1c1ccc(F)cc1)c1ccc(S(=O)(=O)C(F)(F)F)cc1. The minimum absolute atomic E-state index is 0.0458. The van der Waals surface area contributed by atoms with Gasteiger partial charge in [-0.2, -0.15) is 13.2 Å². The van der Waals surface area contributed by atoms with Gasteiger partial charge in [0.1, 0.15) is 5.82 Å². The van der Waals surface area contributed by atoms with E-state index in [0.717, 1.165) is 29.8 Å². The van der Waals surface area contributed by atoms with E-state index in [1.807, 2.05) is 0 Å². The molecule has 2 unspecified atom stereocenters. The van der Waals surface area contributed by atoms with Crippen molar-refractivity contribution in [2.45, 2.75) is 28.8 Å². The molecule has 0 bridgehead atoms. The molecule has 1 aliphatic carbocycles. The van der Waals surface area contributed by atoms with Crippen molar-refractivity contribution in [2.24, 2.45) is 0 Å². The normalized spacial score (nSPS) is 19.8. The van der Waals surface area contributed by atoms with Gasteiger partial charge in [0.15, 0.2) is 0 Å². The summed E-state index contributed by atoms with van der Waals surface area (Å²) in [5, 5.41) is 2.72. The summed E-state index contributed by atoms with van der Waals surface area (Å²) >= 11 is 0. The fourth-order valence-corrected chi connectivity index (χ4v) is 3.37. The van der Waals surface area contributed by atoms with Crippen LogP contribution in [-0.2, 0) is 9.84 Å². The summed E-state index contributed by atoms with van der Waals surface area (Å²) in [6, 6.07) is 9.31. The molecule has 26 heavy (non-hydrogen) atoms. The zero-order valence-electron chi connectivity index (χ0n) is 13.1. The summed E-state index contributed by atoms with van der Waals surface area (Å²) in [7, 11) is -5.44. The average molecular weight is 387 g/mol. The Bertz CT molecular complexity index is 922. The molecule has 0 radical (unpaired) electrons. The predicted molar refractivity (Wildman–Crippen MR) is 84.7 cm³/mol. The minimum atomic E-state index is -5.44. The topological polar surface area (TPSA) is 63.2 Å². The highest BCUT2D eigenvalue weighted by Gasteiger charge is 2.46. The molecule has 1 fully saturated rings. The van der Waals surface area contributed by atoms with E-state index >= 15 is 0 Å². The number of amides is 1. The Morgan fingerprint density at radius 2 is 1.58 bits per heavy atom. The van der Waals surface area contributed by atoms with Crippen LogP contribution in [0.4, 0.5) is 17.6 Å². The van der Waals surface area contributed by atoms with E-state index in [1.54, 1.807) is 12.1 Å². The second kappa shape index (κ2) is 6.39. The van der Waals surface area contributed by atoms with Crippen molar-refractivity contribution in [3.63, 3.8) is 0 Å². The first kappa shape index (κ1) is 18.4. The van der Waals surface area contributed by atoms with Crippen molar-refractivity contribution in [3.05, 3.63) is 65.5 Å². The summed E-state index contributed by atoms with van der Waals surface area (Å²) in [6.07, 6.45) is 0.665. The highest BCUT2D eigenvalue weighted by molar-refractivity contribution is 7.92. The number of hydrogen-bond donors (Lipinski definition) is 1. The monoisotopic (exact) mass is 387 g/mol. The number of sulfone groups is 1. The summed E-state index contributed by atoms with van der Waals surface area (Å²) in [5.74, 6) is -0.830. The smallest absolute Gasteiger partial charge is 0.349 e. The Kier molecular flexibility index (Phi) is 4.51. The van der Waals surface area contributed by atoms with Gasteiger partial charge in [0.05, 0.1) is 4.90 Å². The maximum absolute atomic E-state index is 12.9. The third kappa shape index (κ3) is 3.57. The van der Waals surface area contributed by atoms with Crippen molar-refractivity contribution >= 4 is 15.7 Å². The van der Waals surface area contributed by atoms with Crippen molar-refractivity contribution in [2.75, 3.05) is 0 Å². The maximum atomic E-state index is 12.9. The highest BCUT2D eigenvalue weighted by Crippen LogP contribution is 2.41. The van der Waals surface area contributed by atoms with E-state index in [2.05, 4.69) is 5.32 Å². The number of hydrogen-bond acceptors (Lipinski definition) is 3. The van der Waals surface area contributed by atoms with Crippen LogP contribution < -0.4 is 5.32 Å². The second-order valence-corrected chi connectivity index (χ2v) is 7.89. The largest absolute Gasteiger partial charge is 0.501 e. The van der Waals surface area contributed by atoms with Crippen molar-refractivity contribution in [3.8, 4) is 0 Å². The van der Waals surface area contributed by atoms with Gasteiger partial charge in [0.2, 0.25) is 0 Å². The fourth-order valence-electron chi connectivity index (χ4n) is 2.60. The molecule has 4 nitrogen and oxygen atoms in total. The van der Waals surface area contributed by atoms with Crippen LogP contribution in [0.15, 0.2) is 53.4 Å². The van der Waals surface area contributed by atoms with Crippen LogP contribution in [-0.4, -0.2) is 25.9 Å². The standard InChI is InChI=1S/C17H13F4NO3S/c18-12-5-1-10(2-6-12)14-9-15(14)22-16(23)11-3-7-13(8-4-11)26(24,25)17(19,20)21/h1-8,14-15H,9H2,(H,22,23). The van der Waals surface area contributed by atoms with Crippen molar-refractivity contribution < 1.29 is 30.8 Å². The lowest BCUT2D eigenvalue weighted by molar-refractivity contribution is -0.0436. The molecule has 1 amide bonds. The van der Waals surface area contributed by atoms with Gasteiger partial charge in [0.25, 0.3) is 15.7 Å². The molecule has 9 heteroatoms. The maximum Gasteiger partial charge on any atom is 0.501 e. The molecule has 0 heterocycles. The van der Waals surface area contributed by atoms with Crippen molar-refractivity contribution in [1.82, 2.24) is 5.32 Å². The van der Waals surface area contributed by atoms with E-state index in [0.29, 0.717) is 6.42 Å². The van der Waals surface area contributed by atoms with E-state index in [9.17, 15) is 30.8 Å². The van der Waals surface area contributed by atoms with Crippen LogP contribution in [0, 0.1) is 5.82 Å². The zero-order chi connectivity index (χ0) is 19.1. The number of carbonyl (C=O) groups excluding carboxylic acids is 1. The van der Waals surface area contributed by atoms with Gasteiger partial charge in [-0.05, 0) is 48.4 Å². The third-order valence-electron chi connectivity index (χ3n) is 4.14. The summed E-state index contributed by atoms with van der Waals surface area (Å²) in [5.41, 5.74) is -4.47. The Hall–Kier alpha value is -2.42. The van der Waals surface area contributed by atoms with Crippen LogP contribution in [0.5, 0.6) is 0 Å². The molecule has 2 atom stereocenters. The molecule has 0 aromatic heterocycles. The molecule has 1 saturated carbocycles. The van der Waals surface area contributed by atoms with E-state index in [4.69, 9.17) is 0 Å². The summed E-state index contributed by atoms with van der Waals surface area (Å²) in [4.78, 5) is 11.2. The van der Waals surface area contributed by atoms with Crippen molar-refractivity contribution in [1.29, 1.82) is 0 Å². The number of alkyl halides is 3. The molecule has 1 N–H and O–H groups in total. The number of rotatable bonds is 4. The summed E-state index contributed by atoms with van der Waals surface area (Å²) in [6.45, 7) is 0. The van der Waals surface area contributed by atoms with E-state index in [1.165, 1.54) is 12.1 Å². The predicted octanol–water partition coefficient (Wildman–Crippen LogP) is 3.41. The van der Waals surface area contributed by atoms with Gasteiger partial charge in [-0.25, -0.2) is 12.8 Å². The van der Waals surface area contributed by atoms with Crippen LogP contribution in [0.1, 0.15) is 28.3 Å². The Morgan fingerprint density at radius 3 is 2.12 bits per heavy atom. The lowest BCUT2D eigenvalue weighted by Crippen LogP contribution is -2.27.